The molecule has 0 spiro atoms. The molecule has 1 heterocycles. The van der Waals surface area contributed by atoms with E-state index in [0.717, 1.165) is 12.1 Å². The number of carbonyl (C=O) groups is 3. The van der Waals surface area contributed by atoms with Crippen molar-refractivity contribution in [3.05, 3.63) is 76.9 Å². The number of nitrogens with zero attached hydrogens (tertiary/aromatic N) is 2. The Morgan fingerprint density at radius 1 is 1.05 bits per heavy atom. The highest BCUT2D eigenvalue weighted by Crippen LogP contribution is 2.37. The van der Waals surface area contributed by atoms with Crippen LogP contribution in [0.2, 0.25) is 0 Å². The van der Waals surface area contributed by atoms with Crippen molar-refractivity contribution in [1.82, 2.24) is 20.8 Å². The number of rotatable bonds is 12. The largest absolute Gasteiger partial charge is 0.524 e. The number of benzene rings is 2. The molecule has 41 heavy (non-hydrogen) atoms. The van der Waals surface area contributed by atoms with Gasteiger partial charge in [-0.1, -0.05) is 29.4 Å². The molecule has 220 valence electrons. The summed E-state index contributed by atoms with van der Waals surface area (Å²) in [6.07, 6.45) is -5.01. The molecule has 0 bridgehead atoms. The number of amides is 3. The van der Waals surface area contributed by atoms with Crippen LogP contribution < -0.4 is 20.9 Å². The Kier molecular flexibility index (Phi) is 9.86. The van der Waals surface area contributed by atoms with Crippen molar-refractivity contribution in [3.63, 3.8) is 0 Å². The van der Waals surface area contributed by atoms with E-state index < -0.39 is 55.8 Å². The number of nitrogens with one attached hydrogen (secondary N) is 2. The normalized spacial score (nSPS) is 13.2. The van der Waals surface area contributed by atoms with E-state index in [9.17, 15) is 32.1 Å². The van der Waals surface area contributed by atoms with Crippen LogP contribution in [0.1, 0.15) is 47.8 Å². The third-order valence-electron chi connectivity index (χ3n) is 5.43. The van der Waals surface area contributed by atoms with Crippen LogP contribution in [0.5, 0.6) is 5.75 Å². The molecule has 3 rings (SSSR count). The Morgan fingerprint density at radius 3 is 2.20 bits per heavy atom. The number of hydrogen-bond acceptors (Lipinski definition) is 8. The van der Waals surface area contributed by atoms with Gasteiger partial charge in [0.2, 0.25) is 23.6 Å². The molecule has 3 aromatic rings. The lowest BCUT2D eigenvalue weighted by Gasteiger charge is -2.21. The minimum Gasteiger partial charge on any atom is -0.404 e. The third kappa shape index (κ3) is 10.0. The van der Waals surface area contributed by atoms with E-state index in [2.05, 4.69) is 25.3 Å². The van der Waals surface area contributed by atoms with Crippen LogP contribution in [0.15, 0.2) is 53.1 Å². The van der Waals surface area contributed by atoms with Crippen molar-refractivity contribution in [2.24, 2.45) is 5.73 Å². The van der Waals surface area contributed by atoms with Crippen molar-refractivity contribution >= 4 is 25.5 Å². The molecule has 0 radical (unpaired) electrons. The summed E-state index contributed by atoms with van der Waals surface area (Å²) >= 11 is 0. The molecule has 0 aliphatic heterocycles. The molecule has 0 aliphatic carbocycles. The molecule has 2 atom stereocenters. The van der Waals surface area contributed by atoms with Crippen molar-refractivity contribution in [2.45, 2.75) is 44.4 Å². The highest BCUT2D eigenvalue weighted by molar-refractivity contribution is 7.46. The van der Waals surface area contributed by atoms with Gasteiger partial charge in [0.1, 0.15) is 17.8 Å². The Bertz CT molecular complexity index is 1420. The van der Waals surface area contributed by atoms with Crippen LogP contribution in [-0.2, 0) is 38.0 Å². The quantitative estimate of drug-likeness (QED) is 0.191. The molecule has 17 heteroatoms. The minimum atomic E-state index is -4.77. The van der Waals surface area contributed by atoms with Gasteiger partial charge in [0, 0.05) is 19.8 Å². The number of alkyl halides is 3. The first kappa shape index (κ1) is 31.3. The maximum absolute atomic E-state index is 13.1. The molecule has 13 nitrogen and oxygen atoms in total. The lowest BCUT2D eigenvalue weighted by atomic mass is 10.0. The molecule has 1 aromatic heterocycles. The van der Waals surface area contributed by atoms with Gasteiger partial charge in [-0.2, -0.15) is 18.2 Å². The first-order valence-corrected chi connectivity index (χ1v) is 13.3. The first-order chi connectivity index (χ1) is 19.1. The SMILES string of the molecule is CC(=O)N[C@@H](Cc1ccc(OP(=O)(O)O)cc1)C(=O)N[C@@H](CC(N)=O)c1nc(Cc2ccc(C(F)(F)F)cc2)no1. The van der Waals surface area contributed by atoms with E-state index in [0.29, 0.717) is 11.1 Å². The summed E-state index contributed by atoms with van der Waals surface area (Å²) in [7, 11) is -4.77. The van der Waals surface area contributed by atoms with Crippen LogP contribution in [0.3, 0.4) is 0 Å². The van der Waals surface area contributed by atoms with E-state index in [1.54, 1.807) is 0 Å². The molecule has 0 unspecified atom stereocenters. The summed E-state index contributed by atoms with van der Waals surface area (Å²) in [4.78, 5) is 58.6. The molecule has 0 saturated carbocycles. The number of halogens is 3. The summed E-state index contributed by atoms with van der Waals surface area (Å²) in [6, 6.07) is 7.37. The fraction of sp³-hybridized carbons (Fsp3) is 0.292. The lowest BCUT2D eigenvalue weighted by molar-refractivity contribution is -0.137. The van der Waals surface area contributed by atoms with Gasteiger partial charge in [-0.15, -0.1) is 0 Å². The van der Waals surface area contributed by atoms with Crippen LogP contribution in [-0.4, -0.2) is 43.7 Å². The summed E-state index contributed by atoms with van der Waals surface area (Å²) in [5.41, 5.74) is 5.43. The standard InChI is InChI=1S/C24H25F3N5O8P/c1-13(33)29-18(10-14-4-8-17(9-5-14)40-41(36,37)38)22(35)30-19(12-20(28)34)23-31-21(32-39-23)11-15-2-6-16(7-3-15)24(25,26)27/h2-9,18-19H,10-12H2,1H3,(H2,28,34)(H,29,33)(H,30,35)(H2,36,37,38)/t18-,19-/m0/s1. The van der Waals surface area contributed by atoms with Gasteiger partial charge in [-0.3, -0.25) is 24.2 Å². The average Bonchev–Trinajstić information content (AvgIpc) is 3.31. The predicted molar refractivity (Wildman–Crippen MR) is 134 cm³/mol. The minimum absolute atomic E-state index is 0.00484. The van der Waals surface area contributed by atoms with E-state index in [1.165, 1.54) is 43.3 Å². The third-order valence-corrected chi connectivity index (χ3v) is 5.88. The second-order valence-corrected chi connectivity index (χ2v) is 10.00. The zero-order valence-corrected chi connectivity index (χ0v) is 22.2. The summed E-state index contributed by atoms with van der Waals surface area (Å²) in [5, 5.41) is 8.77. The van der Waals surface area contributed by atoms with E-state index in [-0.39, 0.29) is 30.3 Å². The fourth-order valence-corrected chi connectivity index (χ4v) is 4.06. The second kappa shape index (κ2) is 12.9. The number of carbonyl (C=O) groups excluding carboxylic acids is 3. The lowest BCUT2D eigenvalue weighted by Crippen LogP contribution is -2.48. The Hall–Kier alpha value is -4.27. The zero-order chi connectivity index (χ0) is 30.4. The zero-order valence-electron chi connectivity index (χ0n) is 21.3. The maximum atomic E-state index is 13.1. The summed E-state index contributed by atoms with van der Waals surface area (Å²) < 4.78 is 59.0. The molecular formula is C24H25F3N5O8P. The molecule has 0 saturated heterocycles. The molecular weight excluding hydrogens is 574 g/mol. The monoisotopic (exact) mass is 599 g/mol. The number of primary amides is 1. The van der Waals surface area contributed by atoms with Crippen LogP contribution in [0.4, 0.5) is 13.2 Å². The van der Waals surface area contributed by atoms with Crippen molar-refractivity contribution < 1.29 is 51.0 Å². The fourth-order valence-electron chi connectivity index (χ4n) is 3.66. The van der Waals surface area contributed by atoms with Gasteiger partial charge in [0.15, 0.2) is 5.82 Å². The average molecular weight is 599 g/mol. The van der Waals surface area contributed by atoms with Crippen LogP contribution in [0, 0.1) is 0 Å². The molecule has 6 N–H and O–H groups in total. The number of nitrogens with two attached hydrogens (primary N) is 1. The smallest absolute Gasteiger partial charge is 0.404 e. The summed E-state index contributed by atoms with van der Waals surface area (Å²) in [6.45, 7) is 1.18. The summed E-state index contributed by atoms with van der Waals surface area (Å²) in [5.74, 6) is -2.36. The number of aromatic nitrogens is 2. The van der Waals surface area contributed by atoms with Crippen molar-refractivity contribution in [3.8, 4) is 5.75 Å². The molecule has 0 fully saturated rings. The number of phosphoric acid groups is 1. The highest BCUT2D eigenvalue weighted by Gasteiger charge is 2.30. The van der Waals surface area contributed by atoms with Crippen molar-refractivity contribution in [1.29, 1.82) is 0 Å². The highest BCUT2D eigenvalue weighted by atomic mass is 31.2. The van der Waals surface area contributed by atoms with E-state index >= 15 is 0 Å². The van der Waals surface area contributed by atoms with Gasteiger partial charge >= 0.3 is 14.0 Å². The first-order valence-electron chi connectivity index (χ1n) is 11.8. The topological polar surface area (TPSA) is 207 Å². The van der Waals surface area contributed by atoms with Gasteiger partial charge in [-0.05, 0) is 35.4 Å². The van der Waals surface area contributed by atoms with Gasteiger partial charge < -0.3 is 25.4 Å². The molecule has 2 aromatic carbocycles. The maximum Gasteiger partial charge on any atom is 0.524 e. The predicted octanol–water partition coefficient (Wildman–Crippen LogP) is 1.93. The molecule has 0 aliphatic rings. The second-order valence-electron chi connectivity index (χ2n) is 8.83. The van der Waals surface area contributed by atoms with E-state index in [4.69, 9.17) is 20.0 Å². The Balaban J connectivity index is 1.74. The Morgan fingerprint density at radius 2 is 1.66 bits per heavy atom. The van der Waals surface area contributed by atoms with Gasteiger partial charge in [0.05, 0.1) is 12.0 Å². The number of hydrogen-bond donors (Lipinski definition) is 5. The van der Waals surface area contributed by atoms with Crippen LogP contribution in [0.25, 0.3) is 0 Å². The van der Waals surface area contributed by atoms with Gasteiger partial charge in [-0.25, -0.2) is 4.57 Å². The van der Waals surface area contributed by atoms with Crippen molar-refractivity contribution in [2.75, 3.05) is 0 Å². The Labute approximate surface area is 230 Å². The van der Waals surface area contributed by atoms with Gasteiger partial charge in [0.25, 0.3) is 0 Å². The number of phosphoric ester groups is 1. The van der Waals surface area contributed by atoms with E-state index in [1.807, 2.05) is 0 Å². The molecule has 3 amide bonds. The van der Waals surface area contributed by atoms with Crippen LogP contribution >= 0.6 is 7.82 Å².